The van der Waals surface area contributed by atoms with Crippen molar-refractivity contribution >= 4 is 40.2 Å². The summed E-state index contributed by atoms with van der Waals surface area (Å²) in [5.74, 6) is -0.944. The standard InChI is InChI=1S/C22H20ClFN4O3.C2H6/c23-14-9-12-10-15(20(29)25-11-13-5-4-6-16(24)26-13)31-19(12)17-18(14)27-21(30)28-22(17)7-2-1-3-8-22;1-2/h4-6,9-10H,1-3,7-8,11H2,(H,25,29)(H2,27,28,30);1-2H3. The number of aromatic nitrogens is 1. The summed E-state index contributed by atoms with van der Waals surface area (Å²) in [6, 6.07) is 7.42. The number of benzene rings is 1. The summed E-state index contributed by atoms with van der Waals surface area (Å²) in [6.07, 6.45) is 4.60. The molecule has 7 nitrogen and oxygen atoms in total. The van der Waals surface area contributed by atoms with Gasteiger partial charge in [-0.15, -0.1) is 0 Å². The van der Waals surface area contributed by atoms with Crippen molar-refractivity contribution in [2.45, 2.75) is 58.0 Å². The van der Waals surface area contributed by atoms with Crippen molar-refractivity contribution in [2.24, 2.45) is 0 Å². The van der Waals surface area contributed by atoms with E-state index in [1.165, 1.54) is 12.1 Å². The van der Waals surface area contributed by atoms with E-state index in [0.29, 0.717) is 27.4 Å². The van der Waals surface area contributed by atoms with E-state index in [1.54, 1.807) is 18.2 Å². The number of urea groups is 1. The average Bonchev–Trinajstić information content (AvgIpc) is 3.23. The first kappa shape index (κ1) is 23.0. The lowest BCUT2D eigenvalue weighted by atomic mass is 9.74. The summed E-state index contributed by atoms with van der Waals surface area (Å²) >= 11 is 6.51. The Morgan fingerprint density at radius 3 is 2.73 bits per heavy atom. The molecule has 3 heterocycles. The molecule has 1 aromatic carbocycles. The second-order valence-corrected chi connectivity index (χ2v) is 8.40. The third-order valence-corrected chi connectivity index (χ3v) is 6.26. The number of carbonyl (C=O) groups excluding carboxylic acids is 2. The van der Waals surface area contributed by atoms with E-state index in [0.717, 1.165) is 37.7 Å². The summed E-state index contributed by atoms with van der Waals surface area (Å²) < 4.78 is 19.3. The van der Waals surface area contributed by atoms with E-state index in [4.69, 9.17) is 16.0 Å². The van der Waals surface area contributed by atoms with Crippen LogP contribution in [0.2, 0.25) is 5.02 Å². The molecular formula is C24H26ClFN4O3. The minimum absolute atomic E-state index is 0.0635. The fraction of sp³-hybridized carbons (Fsp3) is 0.375. The van der Waals surface area contributed by atoms with Crippen LogP contribution in [-0.4, -0.2) is 16.9 Å². The molecule has 0 bridgehead atoms. The van der Waals surface area contributed by atoms with Crippen LogP contribution in [0.1, 0.15) is 67.8 Å². The molecule has 2 aliphatic rings. The van der Waals surface area contributed by atoms with E-state index < -0.39 is 17.4 Å². The van der Waals surface area contributed by atoms with Crippen molar-refractivity contribution in [1.82, 2.24) is 15.6 Å². The quantitative estimate of drug-likeness (QED) is 0.415. The van der Waals surface area contributed by atoms with Crippen LogP contribution in [-0.2, 0) is 12.1 Å². The Bertz CT molecular complexity index is 1200. The Kier molecular flexibility index (Phi) is 6.56. The predicted octanol–water partition coefficient (Wildman–Crippen LogP) is 5.87. The van der Waals surface area contributed by atoms with Gasteiger partial charge in [-0.05, 0) is 37.1 Å². The first-order valence-electron chi connectivity index (χ1n) is 11.2. The second-order valence-electron chi connectivity index (χ2n) is 7.99. The highest BCUT2D eigenvalue weighted by atomic mass is 35.5. The molecule has 0 unspecified atom stereocenters. The fourth-order valence-corrected chi connectivity index (χ4v) is 4.86. The number of amides is 3. The Morgan fingerprint density at radius 1 is 1.24 bits per heavy atom. The maximum Gasteiger partial charge on any atom is 0.319 e. The van der Waals surface area contributed by atoms with Crippen molar-refractivity contribution in [3.63, 3.8) is 0 Å². The first-order chi connectivity index (χ1) is 15.9. The number of nitrogens with zero attached hydrogens (tertiary/aromatic N) is 1. The van der Waals surface area contributed by atoms with Crippen LogP contribution in [0.25, 0.3) is 11.0 Å². The van der Waals surface area contributed by atoms with Crippen LogP contribution >= 0.6 is 11.6 Å². The van der Waals surface area contributed by atoms with Gasteiger partial charge in [0.2, 0.25) is 5.95 Å². The zero-order chi connectivity index (χ0) is 23.6. The monoisotopic (exact) mass is 472 g/mol. The van der Waals surface area contributed by atoms with E-state index >= 15 is 0 Å². The number of fused-ring (bicyclic) bond motifs is 4. The normalized spacial score (nSPS) is 16.3. The molecule has 3 aromatic rings. The Hall–Kier alpha value is -3.13. The Labute approximate surface area is 196 Å². The SMILES string of the molecule is CC.O=C1Nc2c(Cl)cc3cc(C(=O)NCc4cccc(F)n4)oc3c2C2(CCCCC2)N1. The van der Waals surface area contributed by atoms with Crippen LogP contribution in [0.3, 0.4) is 0 Å². The second kappa shape index (κ2) is 9.39. The minimum Gasteiger partial charge on any atom is -0.450 e. The number of pyridine rings is 1. The minimum atomic E-state index is -0.607. The van der Waals surface area contributed by atoms with Gasteiger partial charge in [0.15, 0.2) is 5.76 Å². The molecule has 174 valence electrons. The van der Waals surface area contributed by atoms with Crippen molar-refractivity contribution in [3.8, 4) is 0 Å². The van der Waals surface area contributed by atoms with Gasteiger partial charge in [-0.1, -0.05) is 50.8 Å². The number of rotatable bonds is 3. The molecule has 33 heavy (non-hydrogen) atoms. The molecule has 1 aliphatic carbocycles. The van der Waals surface area contributed by atoms with Gasteiger partial charge in [0.1, 0.15) is 5.58 Å². The highest BCUT2D eigenvalue weighted by Gasteiger charge is 2.43. The first-order valence-corrected chi connectivity index (χ1v) is 11.6. The summed E-state index contributed by atoms with van der Waals surface area (Å²) in [6.45, 7) is 4.06. The molecule has 3 amide bonds. The number of anilines is 1. The highest BCUT2D eigenvalue weighted by Crippen LogP contribution is 2.48. The molecule has 0 radical (unpaired) electrons. The number of halogens is 2. The van der Waals surface area contributed by atoms with Gasteiger partial charge in [0.25, 0.3) is 5.91 Å². The molecule has 0 atom stereocenters. The van der Waals surface area contributed by atoms with Crippen LogP contribution in [0.4, 0.5) is 14.9 Å². The summed E-state index contributed by atoms with van der Waals surface area (Å²) in [4.78, 5) is 28.8. The van der Waals surface area contributed by atoms with E-state index in [9.17, 15) is 14.0 Å². The van der Waals surface area contributed by atoms with Crippen molar-refractivity contribution < 1.29 is 18.4 Å². The maximum absolute atomic E-state index is 13.3. The van der Waals surface area contributed by atoms with Crippen LogP contribution in [0, 0.1) is 5.95 Å². The third-order valence-electron chi connectivity index (χ3n) is 5.96. The van der Waals surface area contributed by atoms with E-state index in [1.807, 2.05) is 13.8 Å². The number of furan rings is 1. The number of nitrogens with one attached hydrogen (secondary N) is 3. The topological polar surface area (TPSA) is 96.3 Å². The van der Waals surface area contributed by atoms with Crippen LogP contribution < -0.4 is 16.0 Å². The molecule has 1 saturated carbocycles. The fourth-order valence-electron chi connectivity index (χ4n) is 4.60. The summed E-state index contributed by atoms with van der Waals surface area (Å²) in [5, 5.41) is 9.66. The number of hydrogen-bond acceptors (Lipinski definition) is 4. The van der Waals surface area contributed by atoms with Gasteiger partial charge in [-0.2, -0.15) is 4.39 Å². The molecule has 9 heteroatoms. The number of carbonyl (C=O) groups is 2. The van der Waals surface area contributed by atoms with Gasteiger partial charge in [-0.25, -0.2) is 9.78 Å². The molecule has 1 fully saturated rings. The zero-order valence-electron chi connectivity index (χ0n) is 18.6. The molecule has 1 spiro atoms. The van der Waals surface area contributed by atoms with E-state index in [-0.39, 0.29) is 18.3 Å². The number of hydrogen-bond donors (Lipinski definition) is 3. The predicted molar refractivity (Wildman–Crippen MR) is 125 cm³/mol. The van der Waals surface area contributed by atoms with Gasteiger partial charge in [0.05, 0.1) is 28.5 Å². The summed E-state index contributed by atoms with van der Waals surface area (Å²) in [7, 11) is 0. The van der Waals surface area contributed by atoms with Crippen LogP contribution in [0.5, 0.6) is 0 Å². The molecule has 5 rings (SSSR count). The largest absolute Gasteiger partial charge is 0.450 e. The van der Waals surface area contributed by atoms with Crippen molar-refractivity contribution in [3.05, 3.63) is 58.3 Å². The summed E-state index contributed by atoms with van der Waals surface area (Å²) in [5.41, 5.74) is 1.68. The van der Waals surface area contributed by atoms with Gasteiger partial charge in [-0.3, -0.25) is 4.79 Å². The lowest BCUT2D eigenvalue weighted by molar-refractivity contribution is 0.0924. The lowest BCUT2D eigenvalue weighted by Crippen LogP contribution is -2.52. The Balaban J connectivity index is 0.00000126. The zero-order valence-corrected chi connectivity index (χ0v) is 19.3. The van der Waals surface area contributed by atoms with Crippen molar-refractivity contribution in [1.29, 1.82) is 0 Å². The molecule has 0 saturated heterocycles. The van der Waals surface area contributed by atoms with E-state index in [2.05, 4.69) is 20.9 Å². The molecular weight excluding hydrogens is 447 g/mol. The van der Waals surface area contributed by atoms with Gasteiger partial charge >= 0.3 is 6.03 Å². The maximum atomic E-state index is 13.3. The smallest absolute Gasteiger partial charge is 0.319 e. The third kappa shape index (κ3) is 4.39. The van der Waals surface area contributed by atoms with Crippen molar-refractivity contribution in [2.75, 3.05) is 5.32 Å². The van der Waals surface area contributed by atoms with Crippen LogP contribution in [0.15, 0.2) is 34.7 Å². The molecule has 1 aliphatic heterocycles. The molecule has 2 aromatic heterocycles. The average molecular weight is 473 g/mol. The Morgan fingerprint density at radius 2 is 2.00 bits per heavy atom. The van der Waals surface area contributed by atoms with Gasteiger partial charge in [0, 0.05) is 10.9 Å². The van der Waals surface area contributed by atoms with Gasteiger partial charge < -0.3 is 20.4 Å². The highest BCUT2D eigenvalue weighted by molar-refractivity contribution is 6.35. The lowest BCUT2D eigenvalue weighted by Gasteiger charge is -2.42. The molecule has 3 N–H and O–H groups in total.